The minimum absolute atomic E-state index is 0. The molecule has 3 nitrogen and oxygen atoms in total. The zero-order chi connectivity index (χ0) is 8.48. The molecular formula is C6H5ClGaO3S. The second-order valence-corrected chi connectivity index (χ2v) is 3.70. The van der Waals surface area contributed by atoms with E-state index in [1.807, 2.05) is 0 Å². The molecule has 1 N–H and O–H groups in total. The van der Waals surface area contributed by atoms with Gasteiger partial charge in [0.1, 0.15) is 4.90 Å². The van der Waals surface area contributed by atoms with Crippen LogP contribution in [-0.2, 0) is 10.1 Å². The number of rotatable bonds is 1. The molecule has 0 bridgehead atoms. The molecule has 1 rings (SSSR count). The van der Waals surface area contributed by atoms with Crippen LogP contribution in [0.3, 0.4) is 0 Å². The molecule has 0 heterocycles. The summed E-state index contributed by atoms with van der Waals surface area (Å²) in [5.41, 5.74) is 0. The first-order valence-corrected chi connectivity index (χ1v) is 4.55. The molecule has 0 unspecified atom stereocenters. The van der Waals surface area contributed by atoms with Crippen molar-refractivity contribution < 1.29 is 13.0 Å². The molecule has 0 spiro atoms. The summed E-state index contributed by atoms with van der Waals surface area (Å²) in [5, 5.41) is 0.0231. The summed E-state index contributed by atoms with van der Waals surface area (Å²) in [6.45, 7) is 0. The van der Waals surface area contributed by atoms with E-state index in [1.165, 1.54) is 18.2 Å². The summed E-state index contributed by atoms with van der Waals surface area (Å²) in [6.07, 6.45) is 0. The summed E-state index contributed by atoms with van der Waals surface area (Å²) in [4.78, 5) is -0.262. The quantitative estimate of drug-likeness (QED) is 0.611. The van der Waals surface area contributed by atoms with Gasteiger partial charge >= 0.3 is 0 Å². The SMILES string of the molecule is O=S(=O)(O)c1ccccc1Cl.[Ga]. The zero-order valence-electron chi connectivity index (χ0n) is 5.94. The van der Waals surface area contributed by atoms with E-state index < -0.39 is 10.1 Å². The molecule has 0 aliphatic carbocycles. The maximum Gasteiger partial charge on any atom is 0.296 e. The molecule has 3 radical (unpaired) electrons. The van der Waals surface area contributed by atoms with Crippen molar-refractivity contribution in [1.82, 2.24) is 0 Å². The fourth-order valence-electron chi connectivity index (χ4n) is 0.654. The first-order chi connectivity index (χ1) is 5.02. The van der Waals surface area contributed by atoms with E-state index in [0.29, 0.717) is 0 Å². The second-order valence-electron chi connectivity index (χ2n) is 1.91. The molecule has 0 aliphatic rings. The average Bonchev–Trinajstić information content (AvgIpc) is 1.86. The number of hydrogen-bond donors (Lipinski definition) is 1. The van der Waals surface area contributed by atoms with Gasteiger partial charge in [-0.3, -0.25) is 4.55 Å². The Bertz CT molecular complexity index is 363. The monoisotopic (exact) mass is 261 g/mol. The third-order valence-electron chi connectivity index (χ3n) is 1.11. The van der Waals surface area contributed by atoms with Crippen molar-refractivity contribution in [1.29, 1.82) is 0 Å². The second kappa shape index (κ2) is 4.34. The van der Waals surface area contributed by atoms with Crippen molar-refractivity contribution in [3.63, 3.8) is 0 Å². The van der Waals surface area contributed by atoms with E-state index in [9.17, 15) is 8.42 Å². The Morgan fingerprint density at radius 1 is 1.25 bits per heavy atom. The third kappa shape index (κ3) is 2.84. The van der Waals surface area contributed by atoms with Crippen LogP contribution in [-0.4, -0.2) is 32.8 Å². The fourth-order valence-corrected chi connectivity index (χ4v) is 1.65. The predicted molar refractivity (Wildman–Crippen MR) is 47.0 cm³/mol. The minimum atomic E-state index is -4.17. The van der Waals surface area contributed by atoms with Gasteiger partial charge in [0.15, 0.2) is 0 Å². The maximum absolute atomic E-state index is 10.5. The molecule has 0 aliphatic heterocycles. The normalized spacial score (nSPS) is 10.5. The van der Waals surface area contributed by atoms with Gasteiger partial charge in [-0.25, -0.2) is 0 Å². The molecule has 1 aromatic rings. The minimum Gasteiger partial charge on any atom is -0.282 e. The average molecular weight is 262 g/mol. The molecule has 6 heteroatoms. The predicted octanol–water partition coefficient (Wildman–Crippen LogP) is 1.21. The summed E-state index contributed by atoms with van der Waals surface area (Å²) in [5.74, 6) is 0. The largest absolute Gasteiger partial charge is 0.296 e. The third-order valence-corrected chi connectivity index (χ3v) is 2.47. The molecular weight excluding hydrogens is 257 g/mol. The Morgan fingerprint density at radius 2 is 1.75 bits per heavy atom. The van der Waals surface area contributed by atoms with Gasteiger partial charge in [0.2, 0.25) is 0 Å². The smallest absolute Gasteiger partial charge is 0.282 e. The van der Waals surface area contributed by atoms with E-state index in [2.05, 4.69) is 0 Å². The molecule has 0 atom stereocenters. The van der Waals surface area contributed by atoms with Crippen LogP contribution in [0.5, 0.6) is 0 Å². The first kappa shape index (κ1) is 12.1. The van der Waals surface area contributed by atoms with E-state index >= 15 is 0 Å². The van der Waals surface area contributed by atoms with E-state index in [-0.39, 0.29) is 29.7 Å². The van der Waals surface area contributed by atoms with Crippen molar-refractivity contribution in [2.45, 2.75) is 4.90 Å². The number of hydrogen-bond acceptors (Lipinski definition) is 2. The van der Waals surface area contributed by atoms with E-state index in [0.717, 1.165) is 0 Å². The van der Waals surface area contributed by atoms with Crippen molar-refractivity contribution in [2.24, 2.45) is 0 Å². The molecule has 0 saturated carbocycles. The van der Waals surface area contributed by atoms with Crippen molar-refractivity contribution in [3.05, 3.63) is 29.3 Å². The molecule has 12 heavy (non-hydrogen) atoms. The van der Waals surface area contributed by atoms with Crippen LogP contribution >= 0.6 is 11.6 Å². The van der Waals surface area contributed by atoms with Gasteiger partial charge in [0.25, 0.3) is 10.1 Å². The number of benzene rings is 1. The van der Waals surface area contributed by atoms with Crippen molar-refractivity contribution >= 4 is 41.5 Å². The van der Waals surface area contributed by atoms with Crippen LogP contribution in [0, 0.1) is 0 Å². The van der Waals surface area contributed by atoms with Gasteiger partial charge in [0.05, 0.1) is 5.02 Å². The van der Waals surface area contributed by atoms with Crippen LogP contribution in [0.2, 0.25) is 5.02 Å². The Balaban J connectivity index is 0.00000121. The van der Waals surface area contributed by atoms with Crippen LogP contribution in [0.1, 0.15) is 0 Å². The Kier molecular flexibility index (Phi) is 4.36. The van der Waals surface area contributed by atoms with Gasteiger partial charge in [-0.15, -0.1) is 0 Å². The van der Waals surface area contributed by atoms with Gasteiger partial charge in [0, 0.05) is 19.8 Å². The number of halogens is 1. The molecule has 63 valence electrons. The van der Waals surface area contributed by atoms with Crippen LogP contribution < -0.4 is 0 Å². The van der Waals surface area contributed by atoms with Gasteiger partial charge in [-0.2, -0.15) is 8.42 Å². The van der Waals surface area contributed by atoms with Crippen LogP contribution in [0.25, 0.3) is 0 Å². The molecule has 0 aromatic heterocycles. The standard InChI is InChI=1S/C6H5ClO3S.Ga/c7-5-3-1-2-4-6(5)11(8,9)10;/h1-4H,(H,8,9,10);. The van der Waals surface area contributed by atoms with Gasteiger partial charge in [-0.1, -0.05) is 23.7 Å². The topological polar surface area (TPSA) is 54.4 Å². The summed E-state index contributed by atoms with van der Waals surface area (Å²) in [6, 6.07) is 5.69. The van der Waals surface area contributed by atoms with Crippen molar-refractivity contribution in [2.75, 3.05) is 0 Å². The fraction of sp³-hybridized carbons (Fsp3) is 0. The van der Waals surface area contributed by atoms with Crippen LogP contribution in [0.15, 0.2) is 29.2 Å². The van der Waals surface area contributed by atoms with Gasteiger partial charge in [-0.05, 0) is 12.1 Å². The van der Waals surface area contributed by atoms with Gasteiger partial charge < -0.3 is 0 Å². The summed E-state index contributed by atoms with van der Waals surface area (Å²) < 4.78 is 29.6. The maximum atomic E-state index is 10.5. The van der Waals surface area contributed by atoms with Crippen LogP contribution in [0.4, 0.5) is 0 Å². The molecule has 0 fully saturated rings. The van der Waals surface area contributed by atoms with Crippen molar-refractivity contribution in [3.8, 4) is 0 Å². The molecule has 0 saturated heterocycles. The van der Waals surface area contributed by atoms with E-state index in [1.54, 1.807) is 6.07 Å². The Labute approximate surface area is 88.5 Å². The zero-order valence-corrected chi connectivity index (χ0v) is 9.93. The Hall–Kier alpha value is 0.0564. The van der Waals surface area contributed by atoms with E-state index in [4.69, 9.17) is 16.2 Å². The Morgan fingerprint density at radius 3 is 2.08 bits per heavy atom. The molecule has 1 aromatic carbocycles. The summed E-state index contributed by atoms with van der Waals surface area (Å²) in [7, 11) is -4.17. The first-order valence-electron chi connectivity index (χ1n) is 2.74. The summed E-state index contributed by atoms with van der Waals surface area (Å²) >= 11 is 5.47. The molecule has 0 amide bonds.